The third-order valence-electron chi connectivity index (χ3n) is 4.06. The first-order valence-corrected chi connectivity index (χ1v) is 7.21. The summed E-state index contributed by atoms with van der Waals surface area (Å²) < 4.78 is 0. The Bertz CT molecular complexity index is 371. The molecule has 0 heterocycles. The zero-order chi connectivity index (χ0) is 13.0. The first kappa shape index (κ1) is 13.6. The van der Waals surface area contributed by atoms with Gasteiger partial charge in [0, 0.05) is 18.6 Å². The lowest BCUT2D eigenvalue weighted by molar-refractivity contribution is 0.145. The van der Waals surface area contributed by atoms with Crippen molar-refractivity contribution in [2.24, 2.45) is 0 Å². The number of hydrogen-bond donors (Lipinski definition) is 1. The van der Waals surface area contributed by atoms with Gasteiger partial charge in [-0.15, -0.1) is 0 Å². The Hall–Kier alpha value is -0.860. The molecule has 1 N–H and O–H groups in total. The average Bonchev–Trinajstić information content (AvgIpc) is 2.26. The van der Waals surface area contributed by atoms with Crippen LogP contribution in [0.1, 0.15) is 43.4 Å². The van der Waals surface area contributed by atoms with Crippen molar-refractivity contribution in [1.82, 2.24) is 10.2 Å². The second-order valence-corrected chi connectivity index (χ2v) is 5.55. The molecule has 1 aliphatic carbocycles. The molecule has 1 aromatic carbocycles. The largest absolute Gasteiger partial charge is 0.309 e. The number of nitrogens with one attached hydrogen (secondary N) is 1. The molecule has 0 aliphatic heterocycles. The molecule has 2 rings (SSSR count). The van der Waals surface area contributed by atoms with Gasteiger partial charge in [-0.1, -0.05) is 43.2 Å². The highest BCUT2D eigenvalue weighted by Crippen LogP contribution is 2.25. The summed E-state index contributed by atoms with van der Waals surface area (Å²) in [7, 11) is 2.27. The van der Waals surface area contributed by atoms with E-state index in [1.165, 1.54) is 30.4 Å². The lowest BCUT2D eigenvalue weighted by Crippen LogP contribution is -2.42. The fourth-order valence-electron chi connectivity index (χ4n) is 2.69. The second-order valence-electron chi connectivity index (χ2n) is 5.55. The average molecular weight is 246 g/mol. The maximum atomic E-state index is 3.62. The van der Waals surface area contributed by atoms with Crippen LogP contribution in [-0.4, -0.2) is 31.1 Å². The predicted octanol–water partition coefficient (Wildman–Crippen LogP) is 3.13. The zero-order valence-electron chi connectivity index (χ0n) is 11.9. The molecule has 0 amide bonds. The SMILES string of the molecule is CCNC(CN(C)C1CCC1)c1cccc(C)c1. The Labute approximate surface area is 111 Å². The maximum Gasteiger partial charge on any atom is 0.0449 e. The zero-order valence-corrected chi connectivity index (χ0v) is 11.9. The third kappa shape index (κ3) is 3.33. The molecule has 0 spiro atoms. The van der Waals surface area contributed by atoms with E-state index in [1.807, 2.05) is 0 Å². The van der Waals surface area contributed by atoms with Gasteiger partial charge < -0.3 is 10.2 Å². The smallest absolute Gasteiger partial charge is 0.0449 e. The first-order valence-electron chi connectivity index (χ1n) is 7.21. The van der Waals surface area contributed by atoms with Crippen LogP contribution in [0.15, 0.2) is 24.3 Å². The normalized spacial score (nSPS) is 17.8. The van der Waals surface area contributed by atoms with Crippen LogP contribution in [0, 0.1) is 6.92 Å². The second kappa shape index (κ2) is 6.35. The number of rotatable bonds is 6. The summed E-state index contributed by atoms with van der Waals surface area (Å²) in [6.07, 6.45) is 4.16. The quantitative estimate of drug-likeness (QED) is 0.829. The summed E-state index contributed by atoms with van der Waals surface area (Å²) >= 11 is 0. The van der Waals surface area contributed by atoms with Gasteiger partial charge in [-0.25, -0.2) is 0 Å². The predicted molar refractivity (Wildman–Crippen MR) is 77.9 cm³/mol. The van der Waals surface area contributed by atoms with Gasteiger partial charge in [-0.05, 0) is 38.9 Å². The maximum absolute atomic E-state index is 3.62. The fraction of sp³-hybridized carbons (Fsp3) is 0.625. The van der Waals surface area contributed by atoms with Crippen LogP contribution in [-0.2, 0) is 0 Å². The minimum atomic E-state index is 0.459. The molecular weight excluding hydrogens is 220 g/mol. The van der Waals surface area contributed by atoms with Crippen molar-refractivity contribution in [3.8, 4) is 0 Å². The molecule has 0 bridgehead atoms. The van der Waals surface area contributed by atoms with Crippen LogP contribution < -0.4 is 5.32 Å². The van der Waals surface area contributed by atoms with Gasteiger partial charge in [-0.2, -0.15) is 0 Å². The molecule has 100 valence electrons. The van der Waals surface area contributed by atoms with E-state index in [4.69, 9.17) is 0 Å². The van der Waals surface area contributed by atoms with E-state index in [9.17, 15) is 0 Å². The number of aryl methyl sites for hydroxylation is 1. The molecule has 0 saturated heterocycles. The van der Waals surface area contributed by atoms with Gasteiger partial charge in [0.2, 0.25) is 0 Å². The van der Waals surface area contributed by atoms with Gasteiger partial charge in [-0.3, -0.25) is 0 Å². The highest BCUT2D eigenvalue weighted by molar-refractivity contribution is 5.25. The van der Waals surface area contributed by atoms with E-state index in [0.29, 0.717) is 6.04 Å². The Morgan fingerprint density at radius 3 is 2.72 bits per heavy atom. The summed E-state index contributed by atoms with van der Waals surface area (Å²) in [5.74, 6) is 0. The van der Waals surface area contributed by atoms with Crippen molar-refractivity contribution in [2.45, 2.75) is 45.2 Å². The molecule has 1 saturated carbocycles. The van der Waals surface area contributed by atoms with Crippen LogP contribution in [0.3, 0.4) is 0 Å². The van der Waals surface area contributed by atoms with Crippen LogP contribution >= 0.6 is 0 Å². The highest BCUT2D eigenvalue weighted by Gasteiger charge is 2.24. The van der Waals surface area contributed by atoms with Crippen LogP contribution in [0.25, 0.3) is 0 Å². The van der Waals surface area contributed by atoms with E-state index < -0.39 is 0 Å². The molecule has 1 unspecified atom stereocenters. The number of likely N-dealkylation sites (N-methyl/N-ethyl adjacent to an activating group) is 2. The van der Waals surface area contributed by atoms with Crippen molar-refractivity contribution in [2.75, 3.05) is 20.1 Å². The Kier molecular flexibility index (Phi) is 4.79. The van der Waals surface area contributed by atoms with Gasteiger partial charge in [0.15, 0.2) is 0 Å². The molecule has 1 atom stereocenters. The van der Waals surface area contributed by atoms with Crippen molar-refractivity contribution >= 4 is 0 Å². The van der Waals surface area contributed by atoms with Gasteiger partial charge in [0.05, 0.1) is 0 Å². The standard InChI is InChI=1S/C16H26N2/c1-4-17-16(12-18(3)15-9-6-10-15)14-8-5-7-13(2)11-14/h5,7-8,11,15-17H,4,6,9-10,12H2,1-3H3. The Morgan fingerprint density at radius 2 is 2.17 bits per heavy atom. The van der Waals surface area contributed by atoms with E-state index in [0.717, 1.165) is 19.1 Å². The van der Waals surface area contributed by atoms with Crippen LogP contribution in [0.4, 0.5) is 0 Å². The summed E-state index contributed by atoms with van der Waals surface area (Å²) in [4.78, 5) is 2.53. The van der Waals surface area contributed by atoms with E-state index in [2.05, 4.69) is 55.4 Å². The number of nitrogens with zero attached hydrogens (tertiary/aromatic N) is 1. The molecule has 1 aromatic rings. The topological polar surface area (TPSA) is 15.3 Å². The molecule has 1 aliphatic rings. The Morgan fingerprint density at radius 1 is 1.39 bits per heavy atom. The number of benzene rings is 1. The van der Waals surface area contributed by atoms with Crippen molar-refractivity contribution in [1.29, 1.82) is 0 Å². The Balaban J connectivity index is 2.02. The van der Waals surface area contributed by atoms with Crippen LogP contribution in [0.5, 0.6) is 0 Å². The third-order valence-corrected chi connectivity index (χ3v) is 4.06. The van der Waals surface area contributed by atoms with Crippen molar-refractivity contribution in [3.05, 3.63) is 35.4 Å². The van der Waals surface area contributed by atoms with E-state index in [1.54, 1.807) is 0 Å². The lowest BCUT2D eigenvalue weighted by atomic mass is 9.91. The molecule has 18 heavy (non-hydrogen) atoms. The van der Waals surface area contributed by atoms with Crippen molar-refractivity contribution in [3.63, 3.8) is 0 Å². The molecule has 2 heteroatoms. The summed E-state index contributed by atoms with van der Waals surface area (Å²) in [5, 5.41) is 3.62. The van der Waals surface area contributed by atoms with Crippen LogP contribution in [0.2, 0.25) is 0 Å². The van der Waals surface area contributed by atoms with E-state index in [-0.39, 0.29) is 0 Å². The molecule has 0 aromatic heterocycles. The van der Waals surface area contributed by atoms with Gasteiger partial charge in [0.25, 0.3) is 0 Å². The lowest BCUT2D eigenvalue weighted by Gasteiger charge is -2.37. The van der Waals surface area contributed by atoms with E-state index >= 15 is 0 Å². The summed E-state index contributed by atoms with van der Waals surface area (Å²) in [5.41, 5.74) is 2.77. The number of hydrogen-bond acceptors (Lipinski definition) is 2. The molecule has 1 fully saturated rings. The minimum Gasteiger partial charge on any atom is -0.309 e. The fourth-order valence-corrected chi connectivity index (χ4v) is 2.69. The van der Waals surface area contributed by atoms with Gasteiger partial charge >= 0.3 is 0 Å². The van der Waals surface area contributed by atoms with Crippen molar-refractivity contribution < 1.29 is 0 Å². The monoisotopic (exact) mass is 246 g/mol. The molecule has 0 radical (unpaired) electrons. The first-order chi connectivity index (χ1) is 8.70. The minimum absolute atomic E-state index is 0.459. The summed E-state index contributed by atoms with van der Waals surface area (Å²) in [6, 6.07) is 10.2. The van der Waals surface area contributed by atoms with Gasteiger partial charge in [0.1, 0.15) is 0 Å². The molecular formula is C16H26N2. The molecule has 2 nitrogen and oxygen atoms in total. The highest BCUT2D eigenvalue weighted by atomic mass is 15.2. The summed E-state index contributed by atoms with van der Waals surface area (Å²) in [6.45, 7) is 6.49.